The van der Waals surface area contributed by atoms with Crippen molar-refractivity contribution in [2.24, 2.45) is 10.8 Å². The molecule has 0 aromatic heterocycles. The summed E-state index contributed by atoms with van der Waals surface area (Å²) in [6.07, 6.45) is -0.790. The summed E-state index contributed by atoms with van der Waals surface area (Å²) in [7, 11) is 3.33. The molecule has 9 atom stereocenters. The SMILES string of the molecule is CN[C@H]1[C@@H](O)[C@H](O[C@H]2O[C@H](CN[C@H](C)c3ccccc3)CC[C@H]2N)[C@@H](N=[N+]=[N-])C[C@@H]1OC. The Balaban J connectivity index is 1.63. The lowest BCUT2D eigenvalue weighted by Gasteiger charge is -2.45. The fraction of sp³-hybridized carbons (Fsp3) is 0.727. The van der Waals surface area contributed by atoms with Crippen LogP contribution in [0.2, 0.25) is 0 Å². The van der Waals surface area contributed by atoms with E-state index in [1.807, 2.05) is 18.2 Å². The smallest absolute Gasteiger partial charge is 0.173 e. The van der Waals surface area contributed by atoms with Crippen LogP contribution in [0.15, 0.2) is 35.4 Å². The Kier molecular flexibility index (Phi) is 9.27. The topological polar surface area (TPSA) is 147 Å². The average molecular weight is 449 g/mol. The first-order valence-corrected chi connectivity index (χ1v) is 11.3. The molecular formula is C22H36N6O4. The Morgan fingerprint density at radius 2 is 2.09 bits per heavy atom. The van der Waals surface area contributed by atoms with Gasteiger partial charge in [0.25, 0.3) is 0 Å². The van der Waals surface area contributed by atoms with Gasteiger partial charge in [-0.3, -0.25) is 0 Å². The molecule has 1 aromatic rings. The molecule has 1 saturated carbocycles. The molecule has 1 aromatic carbocycles. The maximum Gasteiger partial charge on any atom is 0.173 e. The summed E-state index contributed by atoms with van der Waals surface area (Å²) >= 11 is 0. The van der Waals surface area contributed by atoms with E-state index in [2.05, 4.69) is 39.7 Å². The van der Waals surface area contributed by atoms with Gasteiger partial charge in [-0.05, 0) is 44.3 Å². The molecule has 0 bridgehead atoms. The van der Waals surface area contributed by atoms with E-state index in [9.17, 15) is 5.11 Å². The van der Waals surface area contributed by atoms with Gasteiger partial charge in [0.15, 0.2) is 6.29 Å². The van der Waals surface area contributed by atoms with Gasteiger partial charge in [0, 0.05) is 24.6 Å². The minimum atomic E-state index is -0.943. The van der Waals surface area contributed by atoms with E-state index in [4.69, 9.17) is 25.5 Å². The van der Waals surface area contributed by atoms with Crippen molar-refractivity contribution >= 4 is 0 Å². The van der Waals surface area contributed by atoms with Gasteiger partial charge < -0.3 is 35.7 Å². The molecular weight excluding hydrogens is 412 g/mol. The third-order valence-electron chi connectivity index (χ3n) is 6.53. The highest BCUT2D eigenvalue weighted by Crippen LogP contribution is 2.30. The molecule has 1 heterocycles. The van der Waals surface area contributed by atoms with E-state index in [-0.39, 0.29) is 30.3 Å². The Hall–Kier alpha value is -1.75. The van der Waals surface area contributed by atoms with E-state index in [1.54, 1.807) is 14.2 Å². The van der Waals surface area contributed by atoms with E-state index in [0.717, 1.165) is 12.8 Å². The summed E-state index contributed by atoms with van der Waals surface area (Å²) < 4.78 is 17.8. The monoisotopic (exact) mass is 448 g/mol. The number of nitrogens with one attached hydrogen (secondary N) is 2. The van der Waals surface area contributed by atoms with Gasteiger partial charge in [-0.1, -0.05) is 35.4 Å². The maximum absolute atomic E-state index is 11.0. The van der Waals surface area contributed by atoms with E-state index < -0.39 is 24.5 Å². The normalized spacial score (nSPS) is 36.3. The molecule has 0 spiro atoms. The van der Waals surface area contributed by atoms with Gasteiger partial charge in [0.05, 0.1) is 42.5 Å². The van der Waals surface area contributed by atoms with E-state index >= 15 is 0 Å². The molecule has 1 saturated heterocycles. The Labute approximate surface area is 189 Å². The second kappa shape index (κ2) is 11.9. The quantitative estimate of drug-likeness (QED) is 0.255. The highest BCUT2D eigenvalue weighted by atomic mass is 16.7. The van der Waals surface area contributed by atoms with Crippen LogP contribution in [0.4, 0.5) is 0 Å². The molecule has 2 fully saturated rings. The largest absolute Gasteiger partial charge is 0.389 e. The molecule has 0 unspecified atom stereocenters. The molecule has 10 heteroatoms. The van der Waals surface area contributed by atoms with E-state index in [0.29, 0.717) is 13.0 Å². The van der Waals surface area contributed by atoms with Gasteiger partial charge in [-0.25, -0.2) is 0 Å². The number of azide groups is 1. The fourth-order valence-corrected chi connectivity index (χ4v) is 4.60. The molecule has 3 rings (SSSR count). The number of ether oxygens (including phenoxy) is 3. The van der Waals surface area contributed by atoms with Crippen molar-refractivity contribution < 1.29 is 19.3 Å². The zero-order valence-corrected chi connectivity index (χ0v) is 19.0. The summed E-state index contributed by atoms with van der Waals surface area (Å²) in [4.78, 5) is 2.94. The van der Waals surface area contributed by atoms with Crippen LogP contribution in [-0.2, 0) is 14.2 Å². The number of aliphatic hydroxyl groups is 1. The lowest BCUT2D eigenvalue weighted by molar-refractivity contribution is -0.250. The molecule has 0 amide bonds. The van der Waals surface area contributed by atoms with Crippen LogP contribution in [0, 0.1) is 0 Å². The van der Waals surface area contributed by atoms with Crippen molar-refractivity contribution in [3.63, 3.8) is 0 Å². The van der Waals surface area contributed by atoms with Gasteiger partial charge in [0.2, 0.25) is 0 Å². The molecule has 32 heavy (non-hydrogen) atoms. The van der Waals surface area contributed by atoms with Crippen molar-refractivity contribution in [1.29, 1.82) is 0 Å². The van der Waals surface area contributed by atoms with Crippen molar-refractivity contribution in [3.05, 3.63) is 46.3 Å². The minimum Gasteiger partial charge on any atom is -0.389 e. The predicted octanol–water partition coefficient (Wildman–Crippen LogP) is 1.60. The summed E-state index contributed by atoms with van der Waals surface area (Å²) in [5, 5.41) is 21.4. The van der Waals surface area contributed by atoms with Crippen molar-refractivity contribution in [1.82, 2.24) is 10.6 Å². The van der Waals surface area contributed by atoms with Crippen molar-refractivity contribution in [2.45, 2.75) is 81.1 Å². The van der Waals surface area contributed by atoms with Gasteiger partial charge in [0.1, 0.15) is 0 Å². The zero-order chi connectivity index (χ0) is 23.1. The number of likely N-dealkylation sites (N-methyl/N-ethyl adjacent to an activating group) is 1. The lowest BCUT2D eigenvalue weighted by atomic mass is 9.83. The first kappa shape index (κ1) is 24.9. The van der Waals surface area contributed by atoms with Gasteiger partial charge in [-0.15, -0.1) is 0 Å². The Bertz CT molecular complexity index is 749. The second-order valence-electron chi connectivity index (χ2n) is 8.60. The first-order chi connectivity index (χ1) is 15.5. The van der Waals surface area contributed by atoms with Gasteiger partial charge in [-0.2, -0.15) is 0 Å². The summed E-state index contributed by atoms with van der Waals surface area (Å²) in [5.74, 6) is 0. The van der Waals surface area contributed by atoms with Crippen LogP contribution in [-0.4, -0.2) is 74.6 Å². The average Bonchev–Trinajstić information content (AvgIpc) is 2.81. The van der Waals surface area contributed by atoms with Crippen LogP contribution in [0.1, 0.15) is 37.8 Å². The summed E-state index contributed by atoms with van der Waals surface area (Å²) in [5.41, 5.74) is 16.5. The van der Waals surface area contributed by atoms with Crippen LogP contribution in [0.3, 0.4) is 0 Å². The van der Waals surface area contributed by atoms with Crippen LogP contribution in [0.5, 0.6) is 0 Å². The van der Waals surface area contributed by atoms with Crippen molar-refractivity contribution in [2.75, 3.05) is 20.7 Å². The van der Waals surface area contributed by atoms with E-state index in [1.165, 1.54) is 5.56 Å². The fourth-order valence-electron chi connectivity index (χ4n) is 4.60. The number of nitrogens with zero attached hydrogens (tertiary/aromatic N) is 3. The molecule has 5 N–H and O–H groups in total. The highest BCUT2D eigenvalue weighted by molar-refractivity contribution is 5.18. The number of hydrogen-bond acceptors (Lipinski definition) is 8. The number of benzene rings is 1. The third-order valence-corrected chi connectivity index (χ3v) is 6.53. The predicted molar refractivity (Wildman–Crippen MR) is 121 cm³/mol. The number of aliphatic hydroxyl groups excluding tert-OH is 1. The Morgan fingerprint density at radius 3 is 2.75 bits per heavy atom. The number of rotatable bonds is 9. The third kappa shape index (κ3) is 5.98. The number of hydrogen-bond donors (Lipinski definition) is 4. The summed E-state index contributed by atoms with van der Waals surface area (Å²) in [6.45, 7) is 2.77. The van der Waals surface area contributed by atoms with Crippen LogP contribution >= 0.6 is 0 Å². The molecule has 178 valence electrons. The molecule has 1 aliphatic carbocycles. The van der Waals surface area contributed by atoms with Gasteiger partial charge >= 0.3 is 0 Å². The molecule has 2 aliphatic rings. The zero-order valence-electron chi connectivity index (χ0n) is 19.0. The number of nitrogens with two attached hydrogens (primary N) is 1. The van der Waals surface area contributed by atoms with Crippen LogP contribution < -0.4 is 16.4 Å². The van der Waals surface area contributed by atoms with Crippen molar-refractivity contribution in [3.8, 4) is 0 Å². The summed E-state index contributed by atoms with van der Waals surface area (Å²) in [6, 6.07) is 9.14. The maximum atomic E-state index is 11.0. The van der Waals surface area contributed by atoms with Crippen LogP contribution in [0.25, 0.3) is 10.4 Å². The Morgan fingerprint density at radius 1 is 1.34 bits per heavy atom. The second-order valence-corrected chi connectivity index (χ2v) is 8.60. The molecule has 10 nitrogen and oxygen atoms in total. The minimum absolute atomic E-state index is 0.0727. The molecule has 1 aliphatic heterocycles. The standard InChI is InChI=1S/C22H36N6O4/c1-13(14-7-5-4-6-8-14)26-12-15-9-10-16(23)22(31-15)32-21-17(27-28-24)11-18(30-3)19(25-2)20(21)29/h4-8,13,15-22,25-26,29H,9-12,23H2,1-3H3/t13-,15+,16-,17+,18+,19-,20-,21-,22-/m1/s1. The first-order valence-electron chi connectivity index (χ1n) is 11.3. The highest BCUT2D eigenvalue weighted by Gasteiger charge is 2.46. The number of methoxy groups -OCH3 is 1. The lowest BCUT2D eigenvalue weighted by Crippen LogP contribution is -2.63. The molecule has 0 radical (unpaired) electrons.